The first-order valence-electron chi connectivity index (χ1n) is 6.92. The average Bonchev–Trinajstić information content (AvgIpc) is 2.91. The lowest BCUT2D eigenvalue weighted by Gasteiger charge is -2.03. The van der Waals surface area contributed by atoms with E-state index in [1.807, 2.05) is 31.2 Å². The second-order valence-corrected chi connectivity index (χ2v) is 4.82. The van der Waals surface area contributed by atoms with Crippen molar-refractivity contribution in [2.45, 2.75) is 26.2 Å². The molecule has 1 aromatic heterocycles. The van der Waals surface area contributed by atoms with E-state index in [1.54, 1.807) is 12.1 Å². The highest BCUT2D eigenvalue weighted by atomic mass is 16.5. The fourth-order valence-corrected chi connectivity index (χ4v) is 1.94. The minimum Gasteiger partial charge on any atom is -0.361 e. The highest BCUT2D eigenvalue weighted by Crippen LogP contribution is 2.05. The van der Waals surface area contributed by atoms with E-state index >= 15 is 0 Å². The van der Waals surface area contributed by atoms with Crippen molar-refractivity contribution >= 4 is 11.7 Å². The highest BCUT2D eigenvalue weighted by molar-refractivity contribution is 5.97. The third-order valence-corrected chi connectivity index (χ3v) is 3.05. The molecule has 1 N–H and O–H groups in total. The molecule has 0 saturated heterocycles. The molecule has 0 fully saturated rings. The summed E-state index contributed by atoms with van der Waals surface area (Å²) < 4.78 is 5.05. The van der Waals surface area contributed by atoms with Crippen molar-refractivity contribution in [3.05, 3.63) is 53.4 Å². The third-order valence-electron chi connectivity index (χ3n) is 3.05. The van der Waals surface area contributed by atoms with Crippen molar-refractivity contribution in [1.82, 2.24) is 10.5 Å². The summed E-state index contributed by atoms with van der Waals surface area (Å²) in [6.07, 6.45) is 1.01. The number of hydrogen-bond donors (Lipinski definition) is 1. The predicted octanol–water partition coefficient (Wildman–Crippen LogP) is 2.30. The molecule has 2 rings (SSSR count). The number of aryl methyl sites for hydroxylation is 1. The maximum atomic E-state index is 11.8. The van der Waals surface area contributed by atoms with Gasteiger partial charge in [0.25, 0.3) is 0 Å². The quantitative estimate of drug-likeness (QED) is 0.793. The summed E-state index contributed by atoms with van der Waals surface area (Å²) in [5.41, 5.74) is 1.47. The minimum atomic E-state index is -0.129. The lowest BCUT2D eigenvalue weighted by Crippen LogP contribution is -2.25. The van der Waals surface area contributed by atoms with Crippen molar-refractivity contribution in [3.63, 3.8) is 0 Å². The van der Waals surface area contributed by atoms with Crippen molar-refractivity contribution < 1.29 is 14.1 Å². The van der Waals surface area contributed by atoms with E-state index in [9.17, 15) is 9.59 Å². The van der Waals surface area contributed by atoms with E-state index in [1.165, 1.54) is 0 Å². The molecule has 0 radical (unpaired) electrons. The number of carbonyl (C=O) groups is 2. The monoisotopic (exact) mass is 286 g/mol. The van der Waals surface area contributed by atoms with Gasteiger partial charge in [-0.15, -0.1) is 0 Å². The molecule has 1 amide bonds. The summed E-state index contributed by atoms with van der Waals surface area (Å²) in [6, 6.07) is 10.8. The SMILES string of the molecule is Cc1cc(CCNC(=O)CCC(=O)c2ccccc2)on1. The van der Waals surface area contributed by atoms with Gasteiger partial charge in [-0.05, 0) is 6.92 Å². The number of carbonyl (C=O) groups excluding carboxylic acids is 2. The zero-order valence-electron chi connectivity index (χ0n) is 12.0. The zero-order chi connectivity index (χ0) is 15.1. The van der Waals surface area contributed by atoms with Gasteiger partial charge in [0, 0.05) is 37.4 Å². The molecule has 0 aliphatic rings. The number of nitrogens with one attached hydrogen (secondary N) is 1. The number of Topliss-reactive ketones (excluding diaryl/α,β-unsaturated/α-hetero) is 1. The van der Waals surface area contributed by atoms with Gasteiger partial charge in [0.15, 0.2) is 5.78 Å². The van der Waals surface area contributed by atoms with Crippen LogP contribution in [0.2, 0.25) is 0 Å². The van der Waals surface area contributed by atoms with Gasteiger partial charge >= 0.3 is 0 Å². The van der Waals surface area contributed by atoms with Crippen LogP contribution >= 0.6 is 0 Å². The Labute approximate surface area is 123 Å². The van der Waals surface area contributed by atoms with Gasteiger partial charge in [0.1, 0.15) is 5.76 Å². The molecular weight excluding hydrogens is 268 g/mol. The third kappa shape index (κ3) is 4.87. The Morgan fingerprint density at radius 1 is 1.19 bits per heavy atom. The molecule has 0 aliphatic heterocycles. The zero-order valence-corrected chi connectivity index (χ0v) is 12.0. The van der Waals surface area contributed by atoms with Crippen LogP contribution in [0.5, 0.6) is 0 Å². The van der Waals surface area contributed by atoms with Gasteiger partial charge < -0.3 is 9.84 Å². The summed E-state index contributed by atoms with van der Waals surface area (Å²) in [5.74, 6) is 0.597. The van der Waals surface area contributed by atoms with Gasteiger partial charge in [0.2, 0.25) is 5.91 Å². The Kier molecular flexibility index (Phi) is 5.26. The number of nitrogens with zero attached hydrogens (tertiary/aromatic N) is 1. The Bertz CT molecular complexity index is 605. The molecule has 1 heterocycles. The molecule has 0 aliphatic carbocycles. The fraction of sp³-hybridized carbons (Fsp3) is 0.312. The van der Waals surface area contributed by atoms with Crippen LogP contribution in [0.15, 0.2) is 40.9 Å². The van der Waals surface area contributed by atoms with Crippen LogP contribution in [0.4, 0.5) is 0 Å². The van der Waals surface area contributed by atoms with Gasteiger partial charge in [0.05, 0.1) is 5.69 Å². The first-order chi connectivity index (χ1) is 10.1. The number of aromatic nitrogens is 1. The number of benzene rings is 1. The van der Waals surface area contributed by atoms with Gasteiger partial charge in [-0.2, -0.15) is 0 Å². The number of amides is 1. The van der Waals surface area contributed by atoms with Gasteiger partial charge in [-0.25, -0.2) is 0 Å². The summed E-state index contributed by atoms with van der Waals surface area (Å²) in [4.78, 5) is 23.5. The number of ketones is 1. The maximum absolute atomic E-state index is 11.8. The molecule has 5 nitrogen and oxygen atoms in total. The minimum absolute atomic E-state index is 0.0170. The summed E-state index contributed by atoms with van der Waals surface area (Å²) in [7, 11) is 0. The van der Waals surface area contributed by atoms with Crippen LogP contribution in [0.25, 0.3) is 0 Å². The van der Waals surface area contributed by atoms with Crippen LogP contribution in [0.1, 0.15) is 34.7 Å². The molecule has 0 atom stereocenters. The van der Waals surface area contributed by atoms with Crippen molar-refractivity contribution in [2.24, 2.45) is 0 Å². The second-order valence-electron chi connectivity index (χ2n) is 4.82. The molecule has 2 aromatic rings. The molecule has 5 heteroatoms. The van der Waals surface area contributed by atoms with E-state index in [0.29, 0.717) is 18.5 Å². The van der Waals surface area contributed by atoms with E-state index < -0.39 is 0 Å². The highest BCUT2D eigenvalue weighted by Gasteiger charge is 2.09. The Morgan fingerprint density at radius 2 is 1.95 bits per heavy atom. The second kappa shape index (κ2) is 7.38. The molecule has 1 aromatic carbocycles. The summed E-state index contributed by atoms with van der Waals surface area (Å²) in [5, 5.41) is 6.54. The molecule has 0 saturated carbocycles. The Hall–Kier alpha value is -2.43. The van der Waals surface area contributed by atoms with E-state index in [4.69, 9.17) is 4.52 Å². The van der Waals surface area contributed by atoms with Crippen LogP contribution in [-0.2, 0) is 11.2 Å². The van der Waals surface area contributed by atoms with E-state index in [0.717, 1.165) is 11.5 Å². The lowest BCUT2D eigenvalue weighted by atomic mass is 10.1. The van der Waals surface area contributed by atoms with E-state index in [2.05, 4.69) is 10.5 Å². The van der Waals surface area contributed by atoms with Crippen LogP contribution in [-0.4, -0.2) is 23.4 Å². The standard InChI is InChI=1S/C16H18N2O3/c1-12-11-14(21-18-12)9-10-17-16(20)8-7-15(19)13-5-3-2-4-6-13/h2-6,11H,7-10H2,1H3,(H,17,20). The molecule has 21 heavy (non-hydrogen) atoms. The molecule has 110 valence electrons. The largest absolute Gasteiger partial charge is 0.361 e. The Balaban J connectivity index is 1.67. The van der Waals surface area contributed by atoms with Crippen LogP contribution in [0, 0.1) is 6.92 Å². The van der Waals surface area contributed by atoms with Crippen molar-refractivity contribution in [3.8, 4) is 0 Å². The first kappa shape index (κ1) is 15.0. The van der Waals surface area contributed by atoms with Crippen LogP contribution < -0.4 is 5.32 Å². The summed E-state index contributed by atoms with van der Waals surface area (Å²) in [6.45, 7) is 2.33. The van der Waals surface area contributed by atoms with Crippen molar-refractivity contribution in [2.75, 3.05) is 6.54 Å². The summed E-state index contributed by atoms with van der Waals surface area (Å²) >= 11 is 0. The maximum Gasteiger partial charge on any atom is 0.220 e. The number of hydrogen-bond acceptors (Lipinski definition) is 4. The Morgan fingerprint density at radius 3 is 2.62 bits per heavy atom. The number of rotatable bonds is 7. The van der Waals surface area contributed by atoms with Crippen molar-refractivity contribution in [1.29, 1.82) is 0 Å². The molecule has 0 unspecified atom stereocenters. The molecule has 0 bridgehead atoms. The smallest absolute Gasteiger partial charge is 0.220 e. The predicted molar refractivity (Wildman–Crippen MR) is 78.0 cm³/mol. The van der Waals surface area contributed by atoms with Gasteiger partial charge in [-0.1, -0.05) is 35.5 Å². The molecular formula is C16H18N2O3. The van der Waals surface area contributed by atoms with E-state index in [-0.39, 0.29) is 24.5 Å². The fourth-order valence-electron chi connectivity index (χ4n) is 1.94. The first-order valence-corrected chi connectivity index (χ1v) is 6.92. The normalized spacial score (nSPS) is 10.3. The molecule has 0 spiro atoms. The van der Waals surface area contributed by atoms with Gasteiger partial charge in [-0.3, -0.25) is 9.59 Å². The lowest BCUT2D eigenvalue weighted by molar-refractivity contribution is -0.121. The van der Waals surface area contributed by atoms with Crippen LogP contribution in [0.3, 0.4) is 0 Å². The topological polar surface area (TPSA) is 72.2 Å². The average molecular weight is 286 g/mol.